The summed E-state index contributed by atoms with van der Waals surface area (Å²) in [5.41, 5.74) is -0.569. The molecule has 2 N–H and O–H groups in total. The number of nitrogens with one attached hydrogen (secondary N) is 1. The standard InChI is InChI=1S/C13H21NO3/c1-13(2,3)10(12(16)17)11(15)14-9-7-5-4-6-8-9/h4-5,9-10H,6-8H2,1-3H3,(H,14,15)(H,16,17). The summed E-state index contributed by atoms with van der Waals surface area (Å²) in [4.78, 5) is 23.1. The van der Waals surface area contributed by atoms with Crippen molar-refractivity contribution >= 4 is 11.9 Å². The number of amides is 1. The van der Waals surface area contributed by atoms with Gasteiger partial charge in [0, 0.05) is 6.04 Å². The zero-order valence-electron chi connectivity index (χ0n) is 10.7. The molecule has 0 saturated heterocycles. The number of rotatable bonds is 3. The van der Waals surface area contributed by atoms with E-state index >= 15 is 0 Å². The quantitative estimate of drug-likeness (QED) is 0.584. The minimum Gasteiger partial charge on any atom is -0.481 e. The third-order valence-corrected chi connectivity index (χ3v) is 2.99. The highest BCUT2D eigenvalue weighted by molar-refractivity contribution is 5.97. The van der Waals surface area contributed by atoms with Gasteiger partial charge in [0.1, 0.15) is 5.92 Å². The molecule has 1 aliphatic rings. The van der Waals surface area contributed by atoms with E-state index in [1.165, 1.54) is 0 Å². The lowest BCUT2D eigenvalue weighted by molar-refractivity contribution is -0.151. The first-order valence-corrected chi connectivity index (χ1v) is 6.00. The lowest BCUT2D eigenvalue weighted by atomic mass is 9.80. The van der Waals surface area contributed by atoms with Crippen molar-refractivity contribution in [2.75, 3.05) is 0 Å². The largest absolute Gasteiger partial charge is 0.481 e. The van der Waals surface area contributed by atoms with Gasteiger partial charge in [-0.05, 0) is 24.7 Å². The van der Waals surface area contributed by atoms with E-state index in [1.807, 2.05) is 6.08 Å². The molecule has 0 radical (unpaired) electrons. The highest BCUT2D eigenvalue weighted by Gasteiger charge is 2.38. The molecule has 1 aliphatic carbocycles. The number of hydrogen-bond acceptors (Lipinski definition) is 2. The fourth-order valence-corrected chi connectivity index (χ4v) is 2.09. The molecule has 2 unspecified atom stereocenters. The van der Waals surface area contributed by atoms with Crippen molar-refractivity contribution in [3.8, 4) is 0 Å². The SMILES string of the molecule is CC(C)(C)C(C(=O)O)C(=O)NC1CC=CCC1. The first kappa shape index (κ1) is 13.7. The molecule has 0 bridgehead atoms. The first-order chi connectivity index (χ1) is 7.82. The number of hydrogen-bond donors (Lipinski definition) is 2. The van der Waals surface area contributed by atoms with Gasteiger partial charge in [-0.3, -0.25) is 9.59 Å². The van der Waals surface area contributed by atoms with Gasteiger partial charge in [-0.25, -0.2) is 0 Å². The highest BCUT2D eigenvalue weighted by Crippen LogP contribution is 2.26. The number of carboxylic acid groups (broad SMARTS) is 1. The van der Waals surface area contributed by atoms with Crippen LogP contribution in [0.3, 0.4) is 0 Å². The van der Waals surface area contributed by atoms with E-state index in [4.69, 9.17) is 5.11 Å². The fourth-order valence-electron chi connectivity index (χ4n) is 2.09. The van der Waals surface area contributed by atoms with Gasteiger partial charge in [0.2, 0.25) is 5.91 Å². The molecule has 0 heterocycles. The summed E-state index contributed by atoms with van der Waals surface area (Å²) in [6, 6.07) is 0.0803. The molecular weight excluding hydrogens is 218 g/mol. The second-order valence-electron chi connectivity index (χ2n) is 5.63. The summed E-state index contributed by atoms with van der Waals surface area (Å²) in [6.45, 7) is 5.31. The average Bonchev–Trinajstić information content (AvgIpc) is 2.15. The number of aliphatic carboxylic acids is 1. The molecule has 0 aliphatic heterocycles. The van der Waals surface area contributed by atoms with E-state index in [1.54, 1.807) is 20.8 Å². The lowest BCUT2D eigenvalue weighted by Crippen LogP contribution is -2.46. The van der Waals surface area contributed by atoms with Crippen molar-refractivity contribution in [1.29, 1.82) is 0 Å². The van der Waals surface area contributed by atoms with Crippen LogP contribution in [-0.2, 0) is 9.59 Å². The molecule has 17 heavy (non-hydrogen) atoms. The molecule has 2 atom stereocenters. The Balaban J connectivity index is 2.66. The maximum Gasteiger partial charge on any atom is 0.316 e. The van der Waals surface area contributed by atoms with Crippen molar-refractivity contribution in [2.24, 2.45) is 11.3 Å². The maximum absolute atomic E-state index is 12.0. The molecule has 0 fully saturated rings. The Morgan fingerprint density at radius 2 is 2.00 bits per heavy atom. The minimum atomic E-state index is -1.05. The topological polar surface area (TPSA) is 66.4 Å². The molecule has 4 nitrogen and oxygen atoms in total. The number of allylic oxidation sites excluding steroid dienone is 1. The lowest BCUT2D eigenvalue weighted by Gasteiger charge is -2.28. The summed E-state index contributed by atoms with van der Waals surface area (Å²) in [6.07, 6.45) is 6.74. The molecule has 0 aromatic rings. The monoisotopic (exact) mass is 239 g/mol. The zero-order valence-corrected chi connectivity index (χ0v) is 10.7. The van der Waals surface area contributed by atoms with Crippen molar-refractivity contribution < 1.29 is 14.7 Å². The Hall–Kier alpha value is -1.32. The Morgan fingerprint density at radius 3 is 2.41 bits per heavy atom. The summed E-state index contributed by atoms with van der Waals surface area (Å²) in [5.74, 6) is -2.42. The minimum absolute atomic E-state index is 0.0803. The van der Waals surface area contributed by atoms with Crippen LogP contribution in [0.2, 0.25) is 0 Å². The summed E-state index contributed by atoms with van der Waals surface area (Å²) in [7, 11) is 0. The van der Waals surface area contributed by atoms with Crippen molar-refractivity contribution in [3.05, 3.63) is 12.2 Å². The molecule has 1 rings (SSSR count). The number of carboxylic acids is 1. The van der Waals surface area contributed by atoms with Gasteiger partial charge in [-0.2, -0.15) is 0 Å². The Morgan fingerprint density at radius 1 is 1.35 bits per heavy atom. The Kier molecular flexibility index (Phi) is 4.32. The third kappa shape index (κ3) is 3.88. The fraction of sp³-hybridized carbons (Fsp3) is 0.692. The number of carbonyl (C=O) groups excluding carboxylic acids is 1. The number of carbonyl (C=O) groups is 2. The predicted molar refractivity (Wildman–Crippen MR) is 65.5 cm³/mol. The van der Waals surface area contributed by atoms with E-state index in [0.29, 0.717) is 0 Å². The van der Waals surface area contributed by atoms with Gasteiger partial charge in [0.15, 0.2) is 0 Å². The van der Waals surface area contributed by atoms with Gasteiger partial charge in [-0.1, -0.05) is 32.9 Å². The Labute approximate surface area is 102 Å². The molecule has 0 spiro atoms. The summed E-state index contributed by atoms with van der Waals surface area (Å²) in [5, 5.41) is 12.0. The van der Waals surface area contributed by atoms with E-state index < -0.39 is 17.3 Å². The first-order valence-electron chi connectivity index (χ1n) is 6.00. The van der Waals surface area contributed by atoms with Gasteiger partial charge in [0.25, 0.3) is 0 Å². The third-order valence-electron chi connectivity index (χ3n) is 2.99. The van der Waals surface area contributed by atoms with Crippen LogP contribution in [0.1, 0.15) is 40.0 Å². The average molecular weight is 239 g/mol. The second kappa shape index (κ2) is 5.34. The van der Waals surface area contributed by atoms with E-state index in [0.717, 1.165) is 19.3 Å². The summed E-state index contributed by atoms with van der Waals surface area (Å²) >= 11 is 0. The molecule has 0 aromatic heterocycles. The van der Waals surface area contributed by atoms with Gasteiger partial charge in [-0.15, -0.1) is 0 Å². The van der Waals surface area contributed by atoms with Gasteiger partial charge >= 0.3 is 5.97 Å². The van der Waals surface area contributed by atoms with Crippen molar-refractivity contribution in [1.82, 2.24) is 5.32 Å². The van der Waals surface area contributed by atoms with Crippen LogP contribution in [0.4, 0.5) is 0 Å². The van der Waals surface area contributed by atoms with E-state index in [9.17, 15) is 9.59 Å². The van der Waals surface area contributed by atoms with Crippen LogP contribution in [0.15, 0.2) is 12.2 Å². The second-order valence-corrected chi connectivity index (χ2v) is 5.63. The molecule has 4 heteroatoms. The van der Waals surface area contributed by atoms with E-state index in [-0.39, 0.29) is 11.9 Å². The molecular formula is C13H21NO3. The van der Waals surface area contributed by atoms with Crippen LogP contribution in [-0.4, -0.2) is 23.0 Å². The summed E-state index contributed by atoms with van der Waals surface area (Å²) < 4.78 is 0. The van der Waals surface area contributed by atoms with Crippen LogP contribution in [0, 0.1) is 11.3 Å². The molecule has 1 amide bonds. The molecule has 96 valence electrons. The smallest absolute Gasteiger partial charge is 0.316 e. The zero-order chi connectivity index (χ0) is 13.1. The predicted octanol–water partition coefficient (Wildman–Crippen LogP) is 1.96. The normalized spacial score (nSPS) is 21.9. The van der Waals surface area contributed by atoms with Crippen LogP contribution >= 0.6 is 0 Å². The Bertz CT molecular complexity index is 328. The molecule has 0 saturated carbocycles. The van der Waals surface area contributed by atoms with Crippen molar-refractivity contribution in [3.63, 3.8) is 0 Å². The molecule has 0 aromatic carbocycles. The van der Waals surface area contributed by atoms with Gasteiger partial charge in [0.05, 0.1) is 0 Å². The van der Waals surface area contributed by atoms with Crippen molar-refractivity contribution in [2.45, 2.75) is 46.1 Å². The van der Waals surface area contributed by atoms with Gasteiger partial charge < -0.3 is 10.4 Å². The van der Waals surface area contributed by atoms with Crippen LogP contribution in [0.25, 0.3) is 0 Å². The van der Waals surface area contributed by atoms with E-state index in [2.05, 4.69) is 11.4 Å². The van der Waals surface area contributed by atoms with Crippen LogP contribution in [0.5, 0.6) is 0 Å². The van der Waals surface area contributed by atoms with Crippen LogP contribution < -0.4 is 5.32 Å². The highest BCUT2D eigenvalue weighted by atomic mass is 16.4. The maximum atomic E-state index is 12.0.